The van der Waals surface area contributed by atoms with Gasteiger partial charge in [-0.2, -0.15) is 0 Å². The van der Waals surface area contributed by atoms with Crippen LogP contribution in [0.15, 0.2) is 79.0 Å². The lowest BCUT2D eigenvalue weighted by Crippen LogP contribution is -2.38. The van der Waals surface area contributed by atoms with Crippen LogP contribution in [0.2, 0.25) is 5.02 Å². The van der Waals surface area contributed by atoms with Crippen molar-refractivity contribution in [3.05, 3.63) is 106 Å². The van der Waals surface area contributed by atoms with Gasteiger partial charge in [0.1, 0.15) is 23.8 Å². The number of aliphatic hydroxyl groups excluding tert-OH is 1. The third-order valence-electron chi connectivity index (χ3n) is 6.36. The Kier molecular flexibility index (Phi) is 8.23. The highest BCUT2D eigenvalue weighted by Crippen LogP contribution is 2.31. The van der Waals surface area contributed by atoms with Crippen molar-refractivity contribution in [2.45, 2.75) is 19.3 Å². The van der Waals surface area contributed by atoms with E-state index < -0.39 is 17.8 Å². The molecule has 0 fully saturated rings. The molecule has 1 aromatic heterocycles. The standard InChI is InChI=1S/C30H25ClN4O6/c1-40-24-9-5-19(6-10-24)7-12-28(37)20-3-2-4-25(13-20)41-18-22-15-34(33-32-22)16-23(36)17-35-27-11-8-21(31)14-26(27)29(38)30(35)39/h2-15,23,36H,16-18H2,1H3/b12-7+. The van der Waals surface area contributed by atoms with Gasteiger partial charge in [0.25, 0.3) is 11.7 Å². The highest BCUT2D eigenvalue weighted by molar-refractivity contribution is 6.52. The molecule has 0 saturated heterocycles. The highest BCUT2D eigenvalue weighted by Gasteiger charge is 2.36. The Balaban J connectivity index is 1.15. The number of methoxy groups -OCH3 is 1. The summed E-state index contributed by atoms with van der Waals surface area (Å²) in [6, 6.07) is 18.8. The Labute approximate surface area is 240 Å². The molecule has 0 radical (unpaired) electrons. The van der Waals surface area contributed by atoms with Crippen LogP contribution in [-0.2, 0) is 17.9 Å². The third-order valence-corrected chi connectivity index (χ3v) is 6.59. The molecule has 4 aromatic rings. The normalized spacial score (nSPS) is 13.5. The first kappa shape index (κ1) is 27.8. The second kappa shape index (κ2) is 12.2. The second-order valence-corrected chi connectivity index (χ2v) is 9.72. The number of carbonyl (C=O) groups excluding carboxylic acids is 3. The van der Waals surface area contributed by atoms with E-state index in [0.29, 0.717) is 27.7 Å². The number of fused-ring (bicyclic) bond motifs is 1. The maximum absolute atomic E-state index is 12.7. The molecule has 11 heteroatoms. The monoisotopic (exact) mass is 572 g/mol. The first-order valence-corrected chi connectivity index (χ1v) is 13.0. The van der Waals surface area contributed by atoms with E-state index in [-0.39, 0.29) is 31.0 Å². The van der Waals surface area contributed by atoms with Gasteiger partial charge in [0.2, 0.25) is 0 Å². The third kappa shape index (κ3) is 6.51. The van der Waals surface area contributed by atoms with Crippen molar-refractivity contribution in [2.24, 2.45) is 0 Å². The van der Waals surface area contributed by atoms with Gasteiger partial charge in [0.15, 0.2) is 5.78 Å². The summed E-state index contributed by atoms with van der Waals surface area (Å²) < 4.78 is 12.4. The molecule has 1 atom stereocenters. The molecular formula is C30H25ClN4O6. The lowest BCUT2D eigenvalue weighted by Gasteiger charge is -2.20. The first-order chi connectivity index (χ1) is 19.8. The first-order valence-electron chi connectivity index (χ1n) is 12.6. The Morgan fingerprint density at radius 3 is 2.63 bits per heavy atom. The zero-order valence-corrected chi connectivity index (χ0v) is 22.7. The van der Waals surface area contributed by atoms with E-state index in [2.05, 4.69) is 10.3 Å². The summed E-state index contributed by atoms with van der Waals surface area (Å²) >= 11 is 5.95. The summed E-state index contributed by atoms with van der Waals surface area (Å²) in [5.74, 6) is -0.322. The Morgan fingerprint density at radius 1 is 1.05 bits per heavy atom. The number of β-amino-alcohol motifs (C(OH)–C–C–N with tert-alkyl or cyclic N) is 1. The van der Waals surface area contributed by atoms with E-state index in [9.17, 15) is 19.5 Å². The quantitative estimate of drug-likeness (QED) is 0.162. The number of benzene rings is 3. The number of aliphatic hydroxyl groups is 1. The van der Waals surface area contributed by atoms with E-state index in [1.807, 2.05) is 24.3 Å². The Hall–Kier alpha value is -4.80. The molecule has 1 aliphatic heterocycles. The van der Waals surface area contributed by atoms with Crippen molar-refractivity contribution >= 4 is 40.8 Å². The summed E-state index contributed by atoms with van der Waals surface area (Å²) in [7, 11) is 1.60. The number of allylic oxidation sites excluding steroid dienone is 1. The van der Waals surface area contributed by atoms with Gasteiger partial charge in [0, 0.05) is 10.6 Å². The molecule has 0 saturated carbocycles. The van der Waals surface area contributed by atoms with Crippen molar-refractivity contribution < 1.29 is 29.0 Å². The fourth-order valence-corrected chi connectivity index (χ4v) is 4.48. The maximum atomic E-state index is 12.7. The minimum Gasteiger partial charge on any atom is -0.497 e. The highest BCUT2D eigenvalue weighted by atomic mass is 35.5. The van der Waals surface area contributed by atoms with Gasteiger partial charge >= 0.3 is 0 Å². The number of anilines is 1. The van der Waals surface area contributed by atoms with Crippen LogP contribution < -0.4 is 14.4 Å². The zero-order chi connectivity index (χ0) is 28.9. The molecule has 10 nitrogen and oxygen atoms in total. The van der Waals surface area contributed by atoms with Crippen LogP contribution in [0.1, 0.15) is 32.0 Å². The van der Waals surface area contributed by atoms with Crippen LogP contribution in [0, 0.1) is 0 Å². The summed E-state index contributed by atoms with van der Waals surface area (Å²) in [4.78, 5) is 38.6. The average molecular weight is 573 g/mol. The lowest BCUT2D eigenvalue weighted by molar-refractivity contribution is -0.114. The molecule has 2 heterocycles. The average Bonchev–Trinajstić information content (AvgIpc) is 3.52. The molecule has 0 bridgehead atoms. The molecule has 1 aliphatic rings. The molecule has 41 heavy (non-hydrogen) atoms. The Bertz CT molecular complexity index is 1630. The number of rotatable bonds is 11. The Morgan fingerprint density at radius 2 is 1.85 bits per heavy atom. The summed E-state index contributed by atoms with van der Waals surface area (Å²) in [5.41, 5.74) is 2.47. The molecule has 1 unspecified atom stereocenters. The SMILES string of the molecule is COc1ccc(/C=C/C(=O)c2cccc(OCc3cn(CC(O)CN4C(=O)C(=O)c5cc(Cl)ccc54)nn3)c2)cc1. The fourth-order valence-electron chi connectivity index (χ4n) is 4.31. The van der Waals surface area contributed by atoms with E-state index in [0.717, 1.165) is 11.3 Å². The van der Waals surface area contributed by atoms with Crippen molar-refractivity contribution in [3.8, 4) is 11.5 Å². The largest absolute Gasteiger partial charge is 0.497 e. The van der Waals surface area contributed by atoms with Gasteiger partial charge in [-0.05, 0) is 54.1 Å². The van der Waals surface area contributed by atoms with Crippen molar-refractivity contribution in [1.29, 1.82) is 0 Å². The number of halogens is 1. The molecule has 3 aromatic carbocycles. The second-order valence-electron chi connectivity index (χ2n) is 9.28. The molecule has 0 aliphatic carbocycles. The van der Waals surface area contributed by atoms with Crippen molar-refractivity contribution in [1.82, 2.24) is 15.0 Å². The van der Waals surface area contributed by atoms with Crippen molar-refractivity contribution in [3.63, 3.8) is 0 Å². The fraction of sp³-hybridized carbons (Fsp3) is 0.167. The summed E-state index contributed by atoms with van der Waals surface area (Å²) in [6.45, 7) is 0.0275. The number of carbonyl (C=O) groups is 3. The number of nitrogens with zero attached hydrogens (tertiary/aromatic N) is 4. The number of ketones is 2. The van der Waals surface area contributed by atoms with E-state index in [4.69, 9.17) is 21.1 Å². The van der Waals surface area contributed by atoms with Crippen LogP contribution in [0.4, 0.5) is 5.69 Å². The van der Waals surface area contributed by atoms with Crippen LogP contribution in [-0.4, -0.2) is 57.3 Å². The predicted molar refractivity (Wildman–Crippen MR) is 151 cm³/mol. The maximum Gasteiger partial charge on any atom is 0.299 e. The molecule has 208 valence electrons. The van der Waals surface area contributed by atoms with E-state index >= 15 is 0 Å². The molecular weight excluding hydrogens is 548 g/mol. The van der Waals surface area contributed by atoms with Gasteiger partial charge in [-0.1, -0.05) is 47.2 Å². The number of aromatic nitrogens is 3. The smallest absolute Gasteiger partial charge is 0.299 e. The number of ether oxygens (including phenoxy) is 2. The van der Waals surface area contributed by atoms with Crippen LogP contribution in [0.5, 0.6) is 11.5 Å². The molecule has 0 spiro atoms. The van der Waals surface area contributed by atoms with Crippen LogP contribution in [0.3, 0.4) is 0 Å². The molecule has 1 N–H and O–H groups in total. The van der Waals surface area contributed by atoms with Crippen LogP contribution in [0.25, 0.3) is 6.08 Å². The molecule has 5 rings (SSSR count). The van der Waals surface area contributed by atoms with Gasteiger partial charge in [0.05, 0.1) is 43.8 Å². The van der Waals surface area contributed by atoms with Gasteiger partial charge in [-0.25, -0.2) is 4.68 Å². The van der Waals surface area contributed by atoms with Gasteiger partial charge in [-0.15, -0.1) is 5.10 Å². The number of hydrogen-bond donors (Lipinski definition) is 1. The van der Waals surface area contributed by atoms with Crippen LogP contribution >= 0.6 is 11.6 Å². The minimum atomic E-state index is -1.02. The predicted octanol–water partition coefficient (Wildman–Crippen LogP) is 4.01. The van der Waals surface area contributed by atoms with Crippen molar-refractivity contribution in [2.75, 3.05) is 18.6 Å². The number of hydrogen-bond acceptors (Lipinski definition) is 8. The number of Topliss-reactive ketones (excluding diaryl/α,β-unsaturated/α-hetero) is 1. The van der Waals surface area contributed by atoms with Gasteiger partial charge < -0.3 is 19.5 Å². The van der Waals surface area contributed by atoms with Gasteiger partial charge in [-0.3, -0.25) is 14.4 Å². The summed E-state index contributed by atoms with van der Waals surface area (Å²) in [6.07, 6.45) is 3.82. The molecule has 1 amide bonds. The minimum absolute atomic E-state index is 0.0401. The van der Waals surface area contributed by atoms with E-state index in [1.54, 1.807) is 55.8 Å². The topological polar surface area (TPSA) is 124 Å². The lowest BCUT2D eigenvalue weighted by atomic mass is 10.1. The zero-order valence-electron chi connectivity index (χ0n) is 21.9. The summed E-state index contributed by atoms with van der Waals surface area (Å²) in [5, 5.41) is 19.0. The number of amides is 1. The van der Waals surface area contributed by atoms with E-state index in [1.165, 1.54) is 21.7 Å².